The topological polar surface area (TPSA) is 43.0 Å². The highest BCUT2D eigenvalue weighted by Crippen LogP contribution is 2.35. The van der Waals surface area contributed by atoms with Gasteiger partial charge in [-0.15, -0.1) is 0 Å². The molecule has 5 nitrogen and oxygen atoms in total. The molecule has 2 aromatic carbocycles. The number of methoxy groups -OCH3 is 2. The lowest BCUT2D eigenvalue weighted by atomic mass is 10.1. The Morgan fingerprint density at radius 1 is 1.16 bits per heavy atom. The van der Waals surface area contributed by atoms with Crippen molar-refractivity contribution in [1.82, 2.24) is 4.90 Å². The van der Waals surface area contributed by atoms with Crippen molar-refractivity contribution in [2.24, 2.45) is 0 Å². The van der Waals surface area contributed by atoms with E-state index in [2.05, 4.69) is 5.32 Å². The number of anilines is 1. The van der Waals surface area contributed by atoms with Crippen LogP contribution in [0.2, 0.25) is 0 Å². The largest absolute Gasteiger partial charge is 0.493 e. The van der Waals surface area contributed by atoms with Gasteiger partial charge in [0.25, 0.3) is 0 Å². The summed E-state index contributed by atoms with van der Waals surface area (Å²) >= 11 is 5.52. The Morgan fingerprint density at radius 2 is 1.90 bits per heavy atom. The minimum atomic E-state index is -4.48. The molecule has 9 heteroatoms. The fourth-order valence-corrected chi connectivity index (χ4v) is 3.74. The molecule has 1 aliphatic heterocycles. The maximum atomic E-state index is 13.4. The molecule has 2 aromatic rings. The molecule has 1 heterocycles. The van der Waals surface area contributed by atoms with Gasteiger partial charge in [0.05, 0.1) is 31.6 Å². The predicted molar refractivity (Wildman–Crippen MR) is 117 cm³/mol. The Hall–Kier alpha value is -2.52. The van der Waals surface area contributed by atoms with Crippen LogP contribution in [0, 0.1) is 0 Å². The lowest BCUT2D eigenvalue weighted by Crippen LogP contribution is -2.39. The number of nitrogens with zero attached hydrogens (tertiary/aromatic N) is 1. The number of hydrogen-bond acceptors (Lipinski definition) is 4. The van der Waals surface area contributed by atoms with Gasteiger partial charge in [-0.1, -0.05) is 18.2 Å². The SMILES string of the molecule is COc1ccc(CN(CC2CCCO2)C(=S)Nc2ccccc2C(F)(F)F)cc1OC. The Balaban J connectivity index is 1.83. The molecule has 0 saturated carbocycles. The molecule has 1 N–H and O–H groups in total. The molecule has 0 amide bonds. The second-order valence-electron chi connectivity index (χ2n) is 7.18. The van der Waals surface area contributed by atoms with E-state index < -0.39 is 11.7 Å². The number of halogens is 3. The van der Waals surface area contributed by atoms with Crippen LogP contribution in [0.3, 0.4) is 0 Å². The molecule has 0 aliphatic carbocycles. The summed E-state index contributed by atoms with van der Waals surface area (Å²) in [5.41, 5.74) is 0.0362. The van der Waals surface area contributed by atoms with Crippen LogP contribution in [0.5, 0.6) is 11.5 Å². The van der Waals surface area contributed by atoms with Gasteiger partial charge in [0, 0.05) is 19.7 Å². The Labute approximate surface area is 185 Å². The van der Waals surface area contributed by atoms with Crippen LogP contribution in [-0.4, -0.2) is 43.5 Å². The highest BCUT2D eigenvalue weighted by molar-refractivity contribution is 7.80. The van der Waals surface area contributed by atoms with Crippen molar-refractivity contribution in [3.8, 4) is 11.5 Å². The third kappa shape index (κ3) is 6.01. The number of rotatable bonds is 7. The average Bonchev–Trinajstić information content (AvgIpc) is 3.26. The molecule has 1 aliphatic rings. The second kappa shape index (κ2) is 10.2. The highest BCUT2D eigenvalue weighted by atomic mass is 32.1. The predicted octanol–water partition coefficient (Wildman–Crippen LogP) is 5.10. The van der Waals surface area contributed by atoms with Gasteiger partial charge in [0.15, 0.2) is 16.6 Å². The van der Waals surface area contributed by atoms with Crippen LogP contribution in [0.25, 0.3) is 0 Å². The summed E-state index contributed by atoms with van der Waals surface area (Å²) in [4.78, 5) is 1.82. The molecular formula is C22H25F3N2O3S. The lowest BCUT2D eigenvalue weighted by Gasteiger charge is -2.29. The molecule has 0 aromatic heterocycles. The van der Waals surface area contributed by atoms with E-state index in [1.165, 1.54) is 12.1 Å². The third-order valence-electron chi connectivity index (χ3n) is 5.03. The standard InChI is InChI=1S/C22H25F3N2O3S/c1-28-19-10-9-15(12-20(19)29-2)13-27(14-16-6-5-11-30-16)21(31)26-18-8-4-3-7-17(18)22(23,24)25/h3-4,7-10,12,16H,5-6,11,13-14H2,1-2H3,(H,26,31). The molecule has 0 bridgehead atoms. The van der Waals surface area contributed by atoms with Crippen molar-refractivity contribution >= 4 is 23.0 Å². The fourth-order valence-electron chi connectivity index (χ4n) is 3.49. The first kappa shape index (κ1) is 23.1. The Kier molecular flexibility index (Phi) is 7.61. The molecule has 168 valence electrons. The van der Waals surface area contributed by atoms with E-state index in [1.54, 1.807) is 26.4 Å². The summed E-state index contributed by atoms with van der Waals surface area (Å²) in [6, 6.07) is 10.8. The molecule has 1 saturated heterocycles. The first-order valence-corrected chi connectivity index (χ1v) is 10.3. The first-order valence-electron chi connectivity index (χ1n) is 9.86. The van der Waals surface area contributed by atoms with E-state index in [1.807, 2.05) is 17.0 Å². The lowest BCUT2D eigenvalue weighted by molar-refractivity contribution is -0.136. The molecule has 31 heavy (non-hydrogen) atoms. The van der Waals surface area contributed by atoms with Crippen LogP contribution < -0.4 is 14.8 Å². The van der Waals surface area contributed by atoms with Crippen molar-refractivity contribution in [3.05, 3.63) is 53.6 Å². The van der Waals surface area contributed by atoms with E-state index in [4.69, 9.17) is 26.4 Å². The Bertz CT molecular complexity index is 902. The number of ether oxygens (including phenoxy) is 3. The van der Waals surface area contributed by atoms with Crippen molar-refractivity contribution < 1.29 is 27.4 Å². The minimum absolute atomic E-state index is 0.0299. The van der Waals surface area contributed by atoms with Crippen molar-refractivity contribution in [2.75, 3.05) is 32.7 Å². The van der Waals surface area contributed by atoms with Crippen molar-refractivity contribution in [2.45, 2.75) is 31.7 Å². The molecule has 1 atom stereocenters. The number of thiocarbonyl (C=S) groups is 1. The van der Waals surface area contributed by atoms with Gasteiger partial charge in [0.1, 0.15) is 0 Å². The van der Waals surface area contributed by atoms with Gasteiger partial charge in [-0.25, -0.2) is 0 Å². The summed E-state index contributed by atoms with van der Waals surface area (Å²) in [6.45, 7) is 1.51. The number of hydrogen-bond donors (Lipinski definition) is 1. The second-order valence-corrected chi connectivity index (χ2v) is 7.57. The van der Waals surface area contributed by atoms with E-state index >= 15 is 0 Å². The van der Waals surface area contributed by atoms with Gasteiger partial charge in [-0.05, 0) is 54.9 Å². The molecule has 1 fully saturated rings. The smallest absolute Gasteiger partial charge is 0.418 e. The van der Waals surface area contributed by atoms with Crippen LogP contribution >= 0.6 is 12.2 Å². The van der Waals surface area contributed by atoms with E-state index in [0.29, 0.717) is 31.2 Å². The summed E-state index contributed by atoms with van der Waals surface area (Å²) in [5, 5.41) is 2.98. The zero-order valence-electron chi connectivity index (χ0n) is 17.4. The molecule has 0 spiro atoms. The van der Waals surface area contributed by atoms with Gasteiger partial charge in [0.2, 0.25) is 0 Å². The van der Waals surface area contributed by atoms with Crippen LogP contribution in [-0.2, 0) is 17.5 Å². The zero-order valence-corrected chi connectivity index (χ0v) is 18.2. The summed E-state index contributed by atoms with van der Waals surface area (Å²) in [5.74, 6) is 1.16. The van der Waals surface area contributed by atoms with E-state index in [9.17, 15) is 13.2 Å². The van der Waals surface area contributed by atoms with Crippen LogP contribution in [0.15, 0.2) is 42.5 Å². The van der Waals surface area contributed by atoms with E-state index in [0.717, 1.165) is 24.5 Å². The number of benzene rings is 2. The summed E-state index contributed by atoms with van der Waals surface area (Å²) in [7, 11) is 3.10. The number of para-hydroxylation sites is 1. The monoisotopic (exact) mass is 454 g/mol. The van der Waals surface area contributed by atoms with Crippen LogP contribution in [0.1, 0.15) is 24.0 Å². The number of nitrogens with one attached hydrogen (secondary N) is 1. The molecule has 0 radical (unpaired) electrons. The van der Waals surface area contributed by atoms with Gasteiger partial charge in [-0.3, -0.25) is 0 Å². The fraction of sp³-hybridized carbons (Fsp3) is 0.409. The molecule has 1 unspecified atom stereocenters. The van der Waals surface area contributed by atoms with E-state index in [-0.39, 0.29) is 16.9 Å². The normalized spacial score (nSPS) is 16.1. The Morgan fingerprint density at radius 3 is 2.55 bits per heavy atom. The van der Waals surface area contributed by atoms with Gasteiger partial charge in [-0.2, -0.15) is 13.2 Å². The third-order valence-corrected chi connectivity index (χ3v) is 5.39. The van der Waals surface area contributed by atoms with Crippen molar-refractivity contribution in [3.63, 3.8) is 0 Å². The van der Waals surface area contributed by atoms with Crippen LogP contribution in [0.4, 0.5) is 18.9 Å². The maximum absolute atomic E-state index is 13.4. The zero-order chi connectivity index (χ0) is 22.4. The van der Waals surface area contributed by atoms with Crippen molar-refractivity contribution in [1.29, 1.82) is 0 Å². The average molecular weight is 455 g/mol. The summed E-state index contributed by atoms with van der Waals surface area (Å²) in [6.07, 6.45) is -2.68. The molecule has 3 rings (SSSR count). The summed E-state index contributed by atoms with van der Waals surface area (Å²) < 4.78 is 56.5. The molecular weight excluding hydrogens is 429 g/mol. The van der Waals surface area contributed by atoms with Gasteiger partial charge >= 0.3 is 6.18 Å². The number of alkyl halides is 3. The first-order chi connectivity index (χ1) is 14.8. The highest BCUT2D eigenvalue weighted by Gasteiger charge is 2.33. The van der Waals surface area contributed by atoms with Gasteiger partial charge < -0.3 is 24.4 Å². The maximum Gasteiger partial charge on any atom is 0.418 e. The minimum Gasteiger partial charge on any atom is -0.493 e. The quantitative estimate of drug-likeness (QED) is 0.587.